The molecule has 1 aromatic rings. The summed E-state index contributed by atoms with van der Waals surface area (Å²) in [7, 11) is 0. The molecule has 108 valence electrons. The molecule has 19 heavy (non-hydrogen) atoms. The highest BCUT2D eigenvalue weighted by Gasteiger charge is 2.23. The summed E-state index contributed by atoms with van der Waals surface area (Å²) in [5, 5.41) is 3.28. The Morgan fingerprint density at radius 3 is 2.47 bits per heavy atom. The number of hydrogen-bond donors (Lipinski definition) is 0. The first kappa shape index (κ1) is 15.2. The Kier molecular flexibility index (Phi) is 5.63. The van der Waals surface area contributed by atoms with Crippen LogP contribution in [-0.2, 0) is 5.88 Å². The van der Waals surface area contributed by atoms with Gasteiger partial charge in [-0.05, 0) is 12.8 Å². The Bertz CT molecular complexity index is 386. The molecule has 1 aliphatic heterocycles. The molecule has 1 unspecified atom stereocenters. The van der Waals surface area contributed by atoms with Gasteiger partial charge in [0, 0.05) is 38.1 Å². The van der Waals surface area contributed by atoms with Crippen molar-refractivity contribution in [2.24, 2.45) is 5.92 Å². The number of rotatable bonds is 5. The Balaban J connectivity index is 1.86. The highest BCUT2D eigenvalue weighted by atomic mass is 35.5. The normalized spacial score (nSPS) is 20.1. The summed E-state index contributed by atoms with van der Waals surface area (Å²) in [6.07, 6.45) is 0. The van der Waals surface area contributed by atoms with Crippen molar-refractivity contribution in [1.82, 2.24) is 14.8 Å². The van der Waals surface area contributed by atoms with Gasteiger partial charge in [0.2, 0.25) is 0 Å². The van der Waals surface area contributed by atoms with E-state index in [2.05, 4.69) is 40.9 Å². The standard InChI is InChI=1S/C14H24ClN3S/c1-11(2)9-17-4-6-18(7-5-17)12(3)14-16-13(8-15)10-19-14/h10-12H,4-9H2,1-3H3. The molecule has 2 heterocycles. The van der Waals surface area contributed by atoms with E-state index in [1.807, 2.05) is 0 Å². The van der Waals surface area contributed by atoms with E-state index in [1.54, 1.807) is 11.3 Å². The zero-order valence-electron chi connectivity index (χ0n) is 12.1. The summed E-state index contributed by atoms with van der Waals surface area (Å²) < 4.78 is 0. The molecule has 0 aromatic carbocycles. The van der Waals surface area contributed by atoms with Crippen LogP contribution in [0.5, 0.6) is 0 Å². The molecule has 0 spiro atoms. The van der Waals surface area contributed by atoms with Crippen LogP contribution in [0, 0.1) is 5.92 Å². The van der Waals surface area contributed by atoms with Crippen molar-refractivity contribution < 1.29 is 0 Å². The van der Waals surface area contributed by atoms with Gasteiger partial charge in [0.15, 0.2) is 0 Å². The van der Waals surface area contributed by atoms with E-state index in [9.17, 15) is 0 Å². The predicted octanol–water partition coefficient (Wildman–Crippen LogP) is 3.22. The first-order valence-corrected chi connectivity index (χ1v) is 8.48. The predicted molar refractivity (Wildman–Crippen MR) is 82.9 cm³/mol. The highest BCUT2D eigenvalue weighted by molar-refractivity contribution is 7.09. The van der Waals surface area contributed by atoms with Gasteiger partial charge in [-0.25, -0.2) is 4.98 Å². The summed E-state index contributed by atoms with van der Waals surface area (Å²) in [5.41, 5.74) is 1.01. The van der Waals surface area contributed by atoms with E-state index in [0.717, 1.165) is 24.7 Å². The number of alkyl halides is 1. The van der Waals surface area contributed by atoms with Crippen LogP contribution >= 0.6 is 22.9 Å². The van der Waals surface area contributed by atoms with Crippen LogP contribution in [-0.4, -0.2) is 47.5 Å². The molecule has 5 heteroatoms. The first-order chi connectivity index (χ1) is 9.10. The topological polar surface area (TPSA) is 19.4 Å². The highest BCUT2D eigenvalue weighted by Crippen LogP contribution is 2.25. The van der Waals surface area contributed by atoms with Crippen molar-refractivity contribution in [2.75, 3.05) is 32.7 Å². The van der Waals surface area contributed by atoms with Crippen LogP contribution in [0.3, 0.4) is 0 Å². The molecule has 0 N–H and O–H groups in total. The Hall–Kier alpha value is -0.160. The molecule has 1 saturated heterocycles. The van der Waals surface area contributed by atoms with Crippen LogP contribution in [0.25, 0.3) is 0 Å². The monoisotopic (exact) mass is 301 g/mol. The van der Waals surface area contributed by atoms with E-state index in [0.29, 0.717) is 11.9 Å². The molecule has 1 aromatic heterocycles. The molecule has 0 aliphatic carbocycles. The largest absolute Gasteiger partial charge is 0.301 e. The molecule has 0 amide bonds. The number of nitrogens with zero attached hydrogens (tertiary/aromatic N) is 3. The fourth-order valence-electron chi connectivity index (χ4n) is 2.58. The van der Waals surface area contributed by atoms with Crippen molar-refractivity contribution in [1.29, 1.82) is 0 Å². The summed E-state index contributed by atoms with van der Waals surface area (Å²) in [6, 6.07) is 0.420. The zero-order chi connectivity index (χ0) is 13.8. The molecule has 1 aliphatic rings. The van der Waals surface area contributed by atoms with Gasteiger partial charge in [0.25, 0.3) is 0 Å². The van der Waals surface area contributed by atoms with Crippen LogP contribution in [0.15, 0.2) is 5.38 Å². The van der Waals surface area contributed by atoms with Gasteiger partial charge in [-0.2, -0.15) is 0 Å². The minimum absolute atomic E-state index is 0.420. The van der Waals surface area contributed by atoms with E-state index < -0.39 is 0 Å². The van der Waals surface area contributed by atoms with E-state index in [-0.39, 0.29) is 0 Å². The molecular formula is C14H24ClN3S. The first-order valence-electron chi connectivity index (χ1n) is 7.06. The van der Waals surface area contributed by atoms with Crippen LogP contribution in [0.4, 0.5) is 0 Å². The molecule has 0 bridgehead atoms. The third kappa shape index (κ3) is 4.15. The average molecular weight is 302 g/mol. The van der Waals surface area contributed by atoms with Crippen LogP contribution in [0.1, 0.15) is 37.5 Å². The van der Waals surface area contributed by atoms with Crippen molar-refractivity contribution in [3.63, 3.8) is 0 Å². The second-order valence-electron chi connectivity index (χ2n) is 5.72. The number of aromatic nitrogens is 1. The van der Waals surface area contributed by atoms with Gasteiger partial charge >= 0.3 is 0 Å². The lowest BCUT2D eigenvalue weighted by Gasteiger charge is -2.38. The number of thiazole rings is 1. The van der Waals surface area contributed by atoms with Gasteiger partial charge in [0.05, 0.1) is 17.6 Å². The van der Waals surface area contributed by atoms with Crippen LogP contribution < -0.4 is 0 Å². The summed E-state index contributed by atoms with van der Waals surface area (Å²) in [5.74, 6) is 1.28. The number of piperazine rings is 1. The number of halogens is 1. The maximum atomic E-state index is 5.82. The van der Waals surface area contributed by atoms with Gasteiger partial charge in [-0.3, -0.25) is 4.90 Å². The van der Waals surface area contributed by atoms with E-state index in [4.69, 9.17) is 11.6 Å². The Morgan fingerprint density at radius 2 is 1.95 bits per heavy atom. The molecule has 1 fully saturated rings. The lowest BCUT2D eigenvalue weighted by molar-refractivity contribution is 0.0946. The lowest BCUT2D eigenvalue weighted by atomic mass is 10.1. The van der Waals surface area contributed by atoms with Crippen molar-refractivity contribution >= 4 is 22.9 Å². The second-order valence-corrected chi connectivity index (χ2v) is 6.87. The molecular weight excluding hydrogens is 278 g/mol. The average Bonchev–Trinajstić information content (AvgIpc) is 2.87. The molecule has 2 rings (SSSR count). The maximum Gasteiger partial charge on any atom is 0.110 e. The quantitative estimate of drug-likeness (QED) is 0.779. The smallest absolute Gasteiger partial charge is 0.110 e. The zero-order valence-corrected chi connectivity index (χ0v) is 13.7. The third-order valence-corrected chi connectivity index (χ3v) is 4.98. The molecule has 3 nitrogen and oxygen atoms in total. The van der Waals surface area contributed by atoms with Crippen molar-refractivity contribution in [3.8, 4) is 0 Å². The minimum atomic E-state index is 0.420. The minimum Gasteiger partial charge on any atom is -0.301 e. The Labute approximate surface area is 125 Å². The lowest BCUT2D eigenvalue weighted by Crippen LogP contribution is -2.48. The SMILES string of the molecule is CC(C)CN1CCN(C(C)c2nc(CCl)cs2)CC1. The van der Waals surface area contributed by atoms with Crippen molar-refractivity contribution in [3.05, 3.63) is 16.1 Å². The van der Waals surface area contributed by atoms with Gasteiger partial charge in [-0.1, -0.05) is 13.8 Å². The maximum absolute atomic E-state index is 5.82. The fraction of sp³-hybridized carbons (Fsp3) is 0.786. The van der Waals surface area contributed by atoms with Crippen molar-refractivity contribution in [2.45, 2.75) is 32.7 Å². The molecule has 0 saturated carbocycles. The summed E-state index contributed by atoms with van der Waals surface area (Å²) in [6.45, 7) is 12.7. The van der Waals surface area contributed by atoms with Gasteiger partial charge in [-0.15, -0.1) is 22.9 Å². The summed E-state index contributed by atoms with van der Waals surface area (Å²) in [4.78, 5) is 9.71. The van der Waals surface area contributed by atoms with Gasteiger partial charge < -0.3 is 4.90 Å². The molecule has 0 radical (unpaired) electrons. The molecule has 1 atom stereocenters. The van der Waals surface area contributed by atoms with E-state index >= 15 is 0 Å². The van der Waals surface area contributed by atoms with E-state index in [1.165, 1.54) is 24.6 Å². The Morgan fingerprint density at radius 1 is 1.26 bits per heavy atom. The summed E-state index contributed by atoms with van der Waals surface area (Å²) >= 11 is 7.56. The van der Waals surface area contributed by atoms with Gasteiger partial charge in [0.1, 0.15) is 5.01 Å². The van der Waals surface area contributed by atoms with Crippen LogP contribution in [0.2, 0.25) is 0 Å². The fourth-order valence-corrected chi connectivity index (χ4v) is 3.72. The third-order valence-electron chi connectivity index (χ3n) is 3.64. The number of hydrogen-bond acceptors (Lipinski definition) is 4. The second kappa shape index (κ2) is 7.02.